The van der Waals surface area contributed by atoms with E-state index in [1.165, 1.54) is 7.11 Å². The molecule has 5 nitrogen and oxygen atoms in total. The van der Waals surface area contributed by atoms with Crippen molar-refractivity contribution in [2.45, 2.75) is 113 Å². The molecule has 0 aromatic heterocycles. The summed E-state index contributed by atoms with van der Waals surface area (Å²) in [5.41, 5.74) is -0.626. The summed E-state index contributed by atoms with van der Waals surface area (Å²) in [6, 6.07) is 0. The number of hydrogen-bond donors (Lipinski definition) is 1. The normalized spacial score (nSPS) is 12.9. The fourth-order valence-corrected chi connectivity index (χ4v) is 3.36. The van der Waals surface area contributed by atoms with Crippen molar-refractivity contribution in [2.75, 3.05) is 20.3 Å². The third kappa shape index (κ3) is 25.6. The molecule has 0 fully saturated rings. The molecule has 0 unspecified atom stereocenters. The lowest BCUT2D eigenvalue weighted by Crippen LogP contribution is -2.47. The minimum atomic E-state index is -0.678. The number of unbranched alkanes of at least 4 members (excludes halogenated alkanes) is 1. The maximum atomic E-state index is 12.4. The smallest absolute Gasteiger partial charge is 0.309 e. The number of carbonyl (C=O) groups is 2. The molecular formula is C35H61NO4. The average Bonchev–Trinajstić information content (AvgIpc) is 2.92. The number of esters is 1. The summed E-state index contributed by atoms with van der Waals surface area (Å²) in [6.07, 6.45) is 32.6. The molecule has 0 rings (SSSR count). The Morgan fingerprint density at radius 1 is 0.750 bits per heavy atom. The van der Waals surface area contributed by atoms with Crippen LogP contribution in [0, 0.1) is 5.41 Å². The average molecular weight is 560 g/mol. The van der Waals surface area contributed by atoms with Crippen LogP contribution < -0.4 is 5.32 Å². The van der Waals surface area contributed by atoms with E-state index in [1.54, 1.807) is 0 Å². The Hall–Kier alpha value is -2.66. The van der Waals surface area contributed by atoms with Crippen LogP contribution in [0.3, 0.4) is 0 Å². The molecule has 0 aliphatic carbocycles. The van der Waals surface area contributed by atoms with Crippen molar-refractivity contribution in [2.24, 2.45) is 5.41 Å². The minimum Gasteiger partial charge on any atom is -0.465 e. The highest BCUT2D eigenvalue weighted by molar-refractivity contribution is 5.81. The first-order valence-corrected chi connectivity index (χ1v) is 14.7. The van der Waals surface area contributed by atoms with Crippen LogP contribution in [0.15, 0.2) is 72.9 Å². The number of carbonyl (C=O) groups excluding carboxylic acids is 2. The molecule has 0 saturated carbocycles. The van der Waals surface area contributed by atoms with Gasteiger partial charge in [-0.3, -0.25) is 9.59 Å². The fourth-order valence-electron chi connectivity index (χ4n) is 3.36. The van der Waals surface area contributed by atoms with Crippen LogP contribution in [0.25, 0.3) is 0 Å². The van der Waals surface area contributed by atoms with E-state index < -0.39 is 11.5 Å². The number of ether oxygens (including phenoxy) is 2. The van der Waals surface area contributed by atoms with Crippen molar-refractivity contribution in [3.63, 3.8) is 0 Å². The van der Waals surface area contributed by atoms with Crippen molar-refractivity contribution in [1.29, 1.82) is 0 Å². The molecule has 0 saturated heterocycles. The number of rotatable bonds is 21. The van der Waals surface area contributed by atoms with Gasteiger partial charge in [-0.15, -0.1) is 0 Å². The molecule has 1 N–H and O–H groups in total. The number of nitrogens with one attached hydrogen (secondary N) is 1. The van der Waals surface area contributed by atoms with Gasteiger partial charge in [0, 0.05) is 19.1 Å². The van der Waals surface area contributed by atoms with E-state index in [9.17, 15) is 9.59 Å². The van der Waals surface area contributed by atoms with Crippen molar-refractivity contribution in [3.8, 4) is 0 Å². The molecule has 0 aromatic carbocycles. The first-order valence-electron chi connectivity index (χ1n) is 14.7. The van der Waals surface area contributed by atoms with Gasteiger partial charge in [0.05, 0.1) is 13.0 Å². The fraction of sp³-hybridized carbons (Fsp3) is 0.600. The third-order valence-electron chi connectivity index (χ3n) is 5.50. The van der Waals surface area contributed by atoms with E-state index in [2.05, 4.69) is 79.9 Å². The SMILES string of the molecule is C.CC.CC/C=C\C/C=C\C/C=C\C/C=C\C/C=C\C/C=C\CC(=O)OCC(C)(C)[C@@H](OC)C(=O)NCCCC. The van der Waals surface area contributed by atoms with Crippen LogP contribution >= 0.6 is 0 Å². The Kier molecular flexibility index (Phi) is 32.3. The molecule has 230 valence electrons. The second-order valence-electron chi connectivity index (χ2n) is 9.53. The molecule has 0 heterocycles. The first kappa shape index (κ1) is 41.8. The molecule has 0 bridgehead atoms. The predicted octanol–water partition coefficient (Wildman–Crippen LogP) is 9.24. The van der Waals surface area contributed by atoms with Crippen molar-refractivity contribution < 1.29 is 19.1 Å². The maximum Gasteiger partial charge on any atom is 0.309 e. The number of allylic oxidation sites excluding steroid dienone is 11. The summed E-state index contributed by atoms with van der Waals surface area (Å²) in [6.45, 7) is 12.7. The van der Waals surface area contributed by atoms with Gasteiger partial charge in [0.1, 0.15) is 6.10 Å². The molecule has 0 spiro atoms. The van der Waals surface area contributed by atoms with Crippen molar-refractivity contribution in [3.05, 3.63) is 72.9 Å². The summed E-state index contributed by atoms with van der Waals surface area (Å²) in [5, 5.41) is 2.88. The van der Waals surface area contributed by atoms with Crippen LogP contribution in [0.5, 0.6) is 0 Å². The molecule has 40 heavy (non-hydrogen) atoms. The lowest BCUT2D eigenvalue weighted by Gasteiger charge is -2.31. The lowest BCUT2D eigenvalue weighted by atomic mass is 9.86. The van der Waals surface area contributed by atoms with E-state index in [1.807, 2.05) is 39.8 Å². The number of amides is 1. The van der Waals surface area contributed by atoms with Gasteiger partial charge in [-0.2, -0.15) is 0 Å². The zero-order valence-electron chi connectivity index (χ0n) is 25.9. The zero-order valence-corrected chi connectivity index (χ0v) is 25.9. The number of hydrogen-bond acceptors (Lipinski definition) is 4. The largest absolute Gasteiger partial charge is 0.465 e. The summed E-state index contributed by atoms with van der Waals surface area (Å²) in [4.78, 5) is 24.5. The molecular weight excluding hydrogens is 498 g/mol. The summed E-state index contributed by atoms with van der Waals surface area (Å²) in [7, 11) is 1.50. The van der Waals surface area contributed by atoms with E-state index >= 15 is 0 Å². The predicted molar refractivity (Wildman–Crippen MR) is 174 cm³/mol. The Labute approximate surface area is 247 Å². The van der Waals surface area contributed by atoms with Crippen LogP contribution in [0.2, 0.25) is 0 Å². The topological polar surface area (TPSA) is 64.6 Å². The third-order valence-corrected chi connectivity index (χ3v) is 5.50. The number of methoxy groups -OCH3 is 1. The Balaban J connectivity index is -0.00000445. The first-order chi connectivity index (χ1) is 18.9. The summed E-state index contributed by atoms with van der Waals surface area (Å²) < 4.78 is 10.8. The quantitative estimate of drug-likeness (QED) is 0.0864. The van der Waals surface area contributed by atoms with E-state index in [-0.39, 0.29) is 32.3 Å². The van der Waals surface area contributed by atoms with Gasteiger partial charge in [-0.05, 0) is 44.9 Å². The van der Waals surface area contributed by atoms with Crippen LogP contribution in [0.1, 0.15) is 107 Å². The van der Waals surface area contributed by atoms with Crippen molar-refractivity contribution in [1.82, 2.24) is 5.32 Å². The van der Waals surface area contributed by atoms with Crippen LogP contribution in [-0.2, 0) is 19.1 Å². The Morgan fingerprint density at radius 3 is 1.57 bits per heavy atom. The minimum absolute atomic E-state index is 0. The van der Waals surface area contributed by atoms with Gasteiger partial charge in [0.15, 0.2) is 0 Å². The van der Waals surface area contributed by atoms with Crippen LogP contribution in [-0.4, -0.2) is 38.2 Å². The summed E-state index contributed by atoms with van der Waals surface area (Å²) >= 11 is 0. The van der Waals surface area contributed by atoms with Gasteiger partial charge in [-0.25, -0.2) is 0 Å². The molecule has 0 aliphatic heterocycles. The van der Waals surface area contributed by atoms with Gasteiger partial charge in [0.25, 0.3) is 0 Å². The Morgan fingerprint density at radius 2 is 1.18 bits per heavy atom. The van der Waals surface area contributed by atoms with Gasteiger partial charge < -0.3 is 14.8 Å². The molecule has 0 aliphatic rings. The van der Waals surface area contributed by atoms with E-state index in [0.717, 1.165) is 51.4 Å². The second-order valence-corrected chi connectivity index (χ2v) is 9.53. The Bertz CT molecular complexity index is 772. The van der Waals surface area contributed by atoms with Gasteiger partial charge in [0.2, 0.25) is 5.91 Å². The molecule has 0 radical (unpaired) electrons. The zero-order chi connectivity index (χ0) is 29.6. The summed E-state index contributed by atoms with van der Waals surface area (Å²) in [5.74, 6) is -0.483. The van der Waals surface area contributed by atoms with E-state index in [4.69, 9.17) is 9.47 Å². The second kappa shape index (κ2) is 30.9. The highest BCUT2D eigenvalue weighted by Crippen LogP contribution is 2.24. The van der Waals surface area contributed by atoms with E-state index in [0.29, 0.717) is 6.54 Å². The molecule has 0 aromatic rings. The standard InChI is InChI=1S/C32H51NO4.C2H6.CH4/c1-6-8-10-11-12-13-14-15-16-17-18-19-20-21-22-23-24-25-26-29(34)37-28-32(3,4)30(36-5)31(35)33-27-9-7-2;1-2;/h8,10,12-13,15-16,18-19,21-22,24-25,30H,6-7,9,11,14,17,20,23,26-28H2,1-5H3,(H,33,35);1-2H3;1H4/b10-8-,13-12-,16-15-,19-18-,22-21-,25-24-;;/t30-;;/m0../s1. The highest BCUT2D eigenvalue weighted by Gasteiger charge is 2.36. The van der Waals surface area contributed by atoms with Gasteiger partial charge in [-0.1, -0.05) is 128 Å². The lowest BCUT2D eigenvalue weighted by molar-refractivity contribution is -0.154. The molecule has 1 atom stereocenters. The highest BCUT2D eigenvalue weighted by atomic mass is 16.5. The molecule has 1 amide bonds. The monoisotopic (exact) mass is 559 g/mol. The van der Waals surface area contributed by atoms with Crippen LogP contribution in [0.4, 0.5) is 0 Å². The van der Waals surface area contributed by atoms with Crippen molar-refractivity contribution >= 4 is 11.9 Å². The molecule has 5 heteroatoms. The van der Waals surface area contributed by atoms with Gasteiger partial charge >= 0.3 is 5.97 Å². The maximum absolute atomic E-state index is 12.4.